The number of nitrogens with one attached hydrogen (secondary N) is 1. The number of hydrogen-bond acceptors (Lipinski definition) is 4. The highest BCUT2D eigenvalue weighted by atomic mass is 32.2. The number of carbonyl (C=O) groups is 1. The van der Waals surface area contributed by atoms with E-state index in [1.807, 2.05) is 6.92 Å². The van der Waals surface area contributed by atoms with Crippen molar-refractivity contribution in [2.75, 3.05) is 29.0 Å². The van der Waals surface area contributed by atoms with Gasteiger partial charge in [-0.25, -0.2) is 17.2 Å². The molecular weight excluding hydrogens is 378 g/mol. The Morgan fingerprint density at radius 2 is 1.81 bits per heavy atom. The summed E-state index contributed by atoms with van der Waals surface area (Å²) in [5.41, 5.74) is 0.204. The van der Waals surface area contributed by atoms with Crippen molar-refractivity contribution < 1.29 is 26.7 Å². The lowest BCUT2D eigenvalue weighted by molar-refractivity contribution is -0.116. The Morgan fingerprint density at radius 3 is 2.37 bits per heavy atom. The summed E-state index contributed by atoms with van der Waals surface area (Å²) in [6, 6.07) is 9.25. The van der Waals surface area contributed by atoms with Gasteiger partial charge in [0.25, 0.3) is 0 Å². The zero-order valence-corrected chi connectivity index (χ0v) is 15.7. The van der Waals surface area contributed by atoms with E-state index >= 15 is 0 Å². The number of nitrogens with zero attached hydrogens (tertiary/aromatic N) is 1. The fourth-order valence-corrected chi connectivity index (χ4v) is 3.30. The third-order valence-corrected chi connectivity index (χ3v) is 4.75. The molecule has 9 heteroatoms. The number of ether oxygens (including phenoxy) is 1. The van der Waals surface area contributed by atoms with Crippen molar-refractivity contribution in [3.05, 3.63) is 54.1 Å². The third-order valence-electron chi connectivity index (χ3n) is 3.57. The molecule has 0 unspecified atom stereocenters. The molecule has 1 amide bonds. The van der Waals surface area contributed by atoms with Gasteiger partial charge in [0.1, 0.15) is 17.4 Å². The number of benzene rings is 2. The predicted molar refractivity (Wildman–Crippen MR) is 99.4 cm³/mol. The lowest BCUT2D eigenvalue weighted by Crippen LogP contribution is -2.33. The van der Waals surface area contributed by atoms with Crippen LogP contribution in [0.2, 0.25) is 0 Å². The molecule has 146 valence electrons. The summed E-state index contributed by atoms with van der Waals surface area (Å²) in [6.07, 6.45) is 0.678. The minimum Gasteiger partial charge on any atom is -0.494 e. The van der Waals surface area contributed by atoms with Crippen LogP contribution in [-0.2, 0) is 14.8 Å². The van der Waals surface area contributed by atoms with Gasteiger partial charge in [0.05, 0.1) is 18.6 Å². The number of carbonyl (C=O) groups excluding carboxylic acids is 1. The molecule has 0 spiro atoms. The maximum Gasteiger partial charge on any atom is 0.232 e. The van der Waals surface area contributed by atoms with Gasteiger partial charge in [-0.15, -0.1) is 0 Å². The first kappa shape index (κ1) is 20.6. The molecule has 0 aliphatic carbocycles. The summed E-state index contributed by atoms with van der Waals surface area (Å²) in [5.74, 6) is -1.63. The predicted octanol–water partition coefficient (Wildman–Crippen LogP) is 3.16. The maximum absolute atomic E-state index is 13.9. The number of rotatable bonds is 8. The smallest absolute Gasteiger partial charge is 0.232 e. The zero-order chi connectivity index (χ0) is 20.0. The largest absolute Gasteiger partial charge is 0.494 e. The van der Waals surface area contributed by atoms with Crippen molar-refractivity contribution in [2.45, 2.75) is 13.3 Å². The van der Waals surface area contributed by atoms with Crippen LogP contribution in [0.4, 0.5) is 20.2 Å². The highest BCUT2D eigenvalue weighted by Crippen LogP contribution is 2.23. The summed E-state index contributed by atoms with van der Waals surface area (Å²) in [6.45, 7) is 2.09. The highest BCUT2D eigenvalue weighted by Gasteiger charge is 2.22. The summed E-state index contributed by atoms with van der Waals surface area (Å²) < 4.78 is 57.0. The monoisotopic (exact) mass is 398 g/mol. The van der Waals surface area contributed by atoms with Crippen LogP contribution in [0.25, 0.3) is 0 Å². The molecule has 0 radical (unpaired) electrons. The van der Waals surface area contributed by atoms with E-state index < -0.39 is 27.6 Å². The number of hydrogen-bond donors (Lipinski definition) is 1. The second-order valence-electron chi connectivity index (χ2n) is 5.69. The quantitative estimate of drug-likeness (QED) is 0.741. The fourth-order valence-electron chi connectivity index (χ4n) is 2.38. The molecule has 0 saturated carbocycles. The van der Waals surface area contributed by atoms with E-state index in [4.69, 9.17) is 4.74 Å². The van der Waals surface area contributed by atoms with Crippen molar-refractivity contribution in [2.24, 2.45) is 0 Å². The first-order valence-corrected chi connectivity index (χ1v) is 10.0. The zero-order valence-electron chi connectivity index (χ0n) is 14.9. The first-order chi connectivity index (χ1) is 12.7. The van der Waals surface area contributed by atoms with Crippen LogP contribution < -0.4 is 14.4 Å². The Balaban J connectivity index is 2.05. The van der Waals surface area contributed by atoms with Gasteiger partial charge in [-0.2, -0.15) is 0 Å². The summed E-state index contributed by atoms with van der Waals surface area (Å²) in [4.78, 5) is 12.1. The average Bonchev–Trinajstić information content (AvgIpc) is 2.57. The van der Waals surface area contributed by atoms with Gasteiger partial charge >= 0.3 is 0 Å². The Kier molecular flexibility index (Phi) is 6.73. The van der Waals surface area contributed by atoms with Crippen molar-refractivity contribution in [1.29, 1.82) is 0 Å². The number of anilines is 2. The summed E-state index contributed by atoms with van der Waals surface area (Å²) >= 11 is 0. The van der Waals surface area contributed by atoms with E-state index in [1.54, 1.807) is 24.3 Å². The molecule has 6 nitrogen and oxygen atoms in total. The second-order valence-corrected chi connectivity index (χ2v) is 7.59. The molecule has 2 aromatic carbocycles. The molecule has 0 saturated heterocycles. The SMILES string of the molecule is CCOc1ccc(NC(=O)CCN(c2ccc(F)cc2F)S(C)(=O)=O)cc1. The number of sulfonamides is 1. The van der Waals surface area contributed by atoms with Crippen LogP contribution in [0.1, 0.15) is 13.3 Å². The fraction of sp³-hybridized carbons (Fsp3) is 0.278. The van der Waals surface area contributed by atoms with Gasteiger partial charge in [-0.1, -0.05) is 0 Å². The third kappa shape index (κ3) is 5.92. The van der Waals surface area contributed by atoms with Crippen LogP contribution in [0.15, 0.2) is 42.5 Å². The Hall–Kier alpha value is -2.68. The van der Waals surface area contributed by atoms with Crippen molar-refractivity contribution >= 4 is 27.3 Å². The number of halogens is 2. The molecule has 2 aromatic rings. The van der Waals surface area contributed by atoms with E-state index in [0.29, 0.717) is 24.1 Å². The van der Waals surface area contributed by atoms with Crippen molar-refractivity contribution in [3.63, 3.8) is 0 Å². The van der Waals surface area contributed by atoms with E-state index in [2.05, 4.69) is 5.32 Å². The van der Waals surface area contributed by atoms with Gasteiger partial charge in [-0.05, 0) is 43.3 Å². The molecule has 2 rings (SSSR count). The lowest BCUT2D eigenvalue weighted by atomic mass is 10.2. The van der Waals surface area contributed by atoms with Gasteiger partial charge in [-0.3, -0.25) is 9.10 Å². The average molecular weight is 398 g/mol. The van der Waals surface area contributed by atoms with Crippen molar-refractivity contribution in [3.8, 4) is 5.75 Å². The lowest BCUT2D eigenvalue weighted by Gasteiger charge is -2.22. The molecule has 1 N–H and O–H groups in total. The van der Waals surface area contributed by atoms with Crippen LogP contribution in [0, 0.1) is 11.6 Å². The highest BCUT2D eigenvalue weighted by molar-refractivity contribution is 7.92. The van der Waals surface area contributed by atoms with E-state index in [-0.39, 0.29) is 18.7 Å². The van der Waals surface area contributed by atoms with Crippen molar-refractivity contribution in [1.82, 2.24) is 0 Å². The van der Waals surface area contributed by atoms with Crippen LogP contribution in [0.5, 0.6) is 5.75 Å². The van der Waals surface area contributed by atoms with E-state index in [1.165, 1.54) is 0 Å². The molecular formula is C18H20F2N2O4S. The number of amides is 1. The summed E-state index contributed by atoms with van der Waals surface area (Å²) in [5, 5.41) is 2.62. The first-order valence-electron chi connectivity index (χ1n) is 8.16. The van der Waals surface area contributed by atoms with Crippen LogP contribution in [0.3, 0.4) is 0 Å². The molecule has 0 aliphatic heterocycles. The van der Waals surface area contributed by atoms with Gasteiger partial charge < -0.3 is 10.1 Å². The minimum atomic E-state index is -3.86. The van der Waals surface area contributed by atoms with Gasteiger partial charge in [0.15, 0.2) is 0 Å². The van der Waals surface area contributed by atoms with Crippen LogP contribution in [-0.4, -0.2) is 33.7 Å². The standard InChI is InChI=1S/C18H20F2N2O4S/c1-3-26-15-7-5-14(6-8-15)21-18(23)10-11-22(27(2,24)25)17-9-4-13(19)12-16(17)20/h4-9,12H,3,10-11H2,1-2H3,(H,21,23). The minimum absolute atomic E-state index is 0.211. The Labute approximate surface area is 156 Å². The second kappa shape index (κ2) is 8.81. The molecule has 0 aliphatic rings. The van der Waals surface area contributed by atoms with E-state index in [0.717, 1.165) is 22.7 Å². The molecule has 27 heavy (non-hydrogen) atoms. The topological polar surface area (TPSA) is 75.7 Å². The molecule has 0 aromatic heterocycles. The van der Waals surface area contributed by atoms with Crippen LogP contribution >= 0.6 is 0 Å². The van der Waals surface area contributed by atoms with Gasteiger partial charge in [0.2, 0.25) is 15.9 Å². The van der Waals surface area contributed by atoms with E-state index in [9.17, 15) is 22.0 Å². The molecule has 0 heterocycles. The Morgan fingerprint density at radius 1 is 1.15 bits per heavy atom. The molecule has 0 fully saturated rings. The van der Waals surface area contributed by atoms with Gasteiger partial charge in [0, 0.05) is 24.7 Å². The molecule has 0 atom stereocenters. The Bertz CT molecular complexity index is 902. The summed E-state index contributed by atoms with van der Waals surface area (Å²) in [7, 11) is -3.86. The molecule has 0 bridgehead atoms. The maximum atomic E-state index is 13.9. The normalized spacial score (nSPS) is 11.1.